The molecule has 0 saturated heterocycles. The molecule has 3 rings (SSSR count). The van der Waals surface area contributed by atoms with Crippen molar-refractivity contribution in [2.45, 2.75) is 32.7 Å². The molecule has 23 heavy (non-hydrogen) atoms. The zero-order valence-corrected chi connectivity index (χ0v) is 14.9. The van der Waals surface area contributed by atoms with Crippen LogP contribution >= 0.6 is 11.8 Å². The Balaban J connectivity index is 2.45. The largest absolute Gasteiger partial charge is 0.279 e. The van der Waals surface area contributed by atoms with Gasteiger partial charge in [-0.05, 0) is 62.8 Å². The minimum atomic E-state index is 0.631. The van der Waals surface area contributed by atoms with E-state index in [0.29, 0.717) is 5.69 Å². The summed E-state index contributed by atoms with van der Waals surface area (Å²) in [7, 11) is 0. The summed E-state index contributed by atoms with van der Waals surface area (Å²) in [6, 6.07) is 10.7. The zero-order valence-electron chi connectivity index (χ0n) is 14.1. The second-order valence-corrected chi connectivity index (χ2v) is 6.75. The van der Waals surface area contributed by atoms with Gasteiger partial charge in [0.2, 0.25) is 0 Å². The number of hydrogen-bond donors (Lipinski definition) is 0. The summed E-state index contributed by atoms with van der Waals surface area (Å²) in [6.45, 7) is 8.35. The standard InChI is InChI=1S/C19H19N3S/c1-11-6-12(2)18(13(3)7-11)16-9-15(10-20)22-17(23-5)8-14(4)21-19(16)22/h6-9H,1-5H3. The molecule has 3 nitrogen and oxygen atoms in total. The molecule has 0 fully saturated rings. The van der Waals surface area contributed by atoms with Crippen LogP contribution in [0.15, 0.2) is 29.3 Å². The van der Waals surface area contributed by atoms with Crippen LogP contribution in [0.3, 0.4) is 0 Å². The van der Waals surface area contributed by atoms with Crippen molar-refractivity contribution in [1.82, 2.24) is 9.38 Å². The van der Waals surface area contributed by atoms with E-state index < -0.39 is 0 Å². The van der Waals surface area contributed by atoms with Gasteiger partial charge in [-0.2, -0.15) is 5.26 Å². The van der Waals surface area contributed by atoms with Gasteiger partial charge in [0.15, 0.2) is 0 Å². The van der Waals surface area contributed by atoms with Crippen molar-refractivity contribution in [2.75, 3.05) is 6.26 Å². The van der Waals surface area contributed by atoms with Crippen LogP contribution in [0.5, 0.6) is 0 Å². The molecule has 3 aromatic rings. The average molecular weight is 321 g/mol. The number of hydrogen-bond acceptors (Lipinski definition) is 3. The van der Waals surface area contributed by atoms with E-state index in [1.165, 1.54) is 22.3 Å². The summed E-state index contributed by atoms with van der Waals surface area (Å²) in [5.74, 6) is 0. The lowest BCUT2D eigenvalue weighted by atomic mass is 9.95. The Hall–Kier alpha value is -2.25. The van der Waals surface area contributed by atoms with E-state index in [2.05, 4.69) is 39.0 Å². The summed E-state index contributed by atoms with van der Waals surface area (Å²) >= 11 is 1.63. The highest BCUT2D eigenvalue weighted by Crippen LogP contribution is 2.35. The first kappa shape index (κ1) is 15.6. The fraction of sp³-hybridized carbons (Fsp3) is 0.263. The second kappa shape index (κ2) is 5.75. The van der Waals surface area contributed by atoms with Crippen LogP contribution < -0.4 is 0 Å². The number of aromatic nitrogens is 2. The minimum absolute atomic E-state index is 0.631. The number of nitrogens with zero attached hydrogens (tertiary/aromatic N) is 3. The Morgan fingerprint density at radius 1 is 1.04 bits per heavy atom. The van der Waals surface area contributed by atoms with Crippen molar-refractivity contribution in [1.29, 1.82) is 5.26 Å². The lowest BCUT2D eigenvalue weighted by Crippen LogP contribution is -1.98. The molecule has 0 spiro atoms. The van der Waals surface area contributed by atoms with Gasteiger partial charge in [-0.3, -0.25) is 4.40 Å². The number of aryl methyl sites for hydroxylation is 4. The molecule has 2 aromatic heterocycles. The lowest BCUT2D eigenvalue weighted by Gasteiger charge is -2.11. The summed E-state index contributed by atoms with van der Waals surface area (Å²) < 4.78 is 1.96. The molecule has 0 aliphatic carbocycles. The smallest absolute Gasteiger partial charge is 0.146 e. The maximum absolute atomic E-state index is 9.56. The summed E-state index contributed by atoms with van der Waals surface area (Å²) in [6.07, 6.45) is 2.03. The highest BCUT2D eigenvalue weighted by molar-refractivity contribution is 7.98. The second-order valence-electron chi connectivity index (χ2n) is 5.93. The van der Waals surface area contributed by atoms with Crippen molar-refractivity contribution in [2.24, 2.45) is 0 Å². The molecular weight excluding hydrogens is 302 g/mol. The number of fused-ring (bicyclic) bond motifs is 1. The highest BCUT2D eigenvalue weighted by atomic mass is 32.2. The topological polar surface area (TPSA) is 41.1 Å². The van der Waals surface area contributed by atoms with Crippen molar-refractivity contribution >= 4 is 17.4 Å². The average Bonchev–Trinajstić information content (AvgIpc) is 2.84. The number of rotatable bonds is 2. The van der Waals surface area contributed by atoms with Gasteiger partial charge in [-0.25, -0.2) is 4.98 Å². The SMILES string of the molecule is CSc1cc(C)nc2c(-c3c(C)cc(C)cc3C)cc(C#N)n12. The third-order valence-corrected chi connectivity index (χ3v) is 4.80. The Labute approximate surface area is 141 Å². The first-order valence-electron chi connectivity index (χ1n) is 7.51. The molecule has 0 atom stereocenters. The number of nitriles is 1. The van der Waals surface area contributed by atoms with Crippen LogP contribution in [-0.4, -0.2) is 15.6 Å². The molecule has 2 heterocycles. The molecule has 4 heteroatoms. The van der Waals surface area contributed by atoms with E-state index in [1.54, 1.807) is 11.8 Å². The normalized spacial score (nSPS) is 11.0. The van der Waals surface area contributed by atoms with Crippen molar-refractivity contribution in [3.8, 4) is 17.2 Å². The zero-order chi connectivity index (χ0) is 16.7. The molecule has 0 bridgehead atoms. The van der Waals surface area contributed by atoms with Crippen LogP contribution in [0.4, 0.5) is 0 Å². The fourth-order valence-corrected chi connectivity index (χ4v) is 3.95. The first-order valence-corrected chi connectivity index (χ1v) is 8.74. The molecule has 0 radical (unpaired) electrons. The van der Waals surface area contributed by atoms with Crippen molar-refractivity contribution < 1.29 is 0 Å². The minimum Gasteiger partial charge on any atom is -0.279 e. The van der Waals surface area contributed by atoms with Crippen LogP contribution in [0.1, 0.15) is 28.1 Å². The van der Waals surface area contributed by atoms with Crippen LogP contribution in [0.25, 0.3) is 16.8 Å². The predicted octanol–water partition coefficient (Wildman–Crippen LogP) is 4.83. The maximum Gasteiger partial charge on any atom is 0.146 e. The quantitative estimate of drug-likeness (QED) is 0.501. The van der Waals surface area contributed by atoms with Gasteiger partial charge < -0.3 is 0 Å². The molecule has 0 N–H and O–H groups in total. The van der Waals surface area contributed by atoms with Crippen LogP contribution in [-0.2, 0) is 0 Å². The Kier molecular flexibility index (Phi) is 3.91. The van der Waals surface area contributed by atoms with Gasteiger partial charge in [0.25, 0.3) is 0 Å². The lowest BCUT2D eigenvalue weighted by molar-refractivity contribution is 0.957. The van der Waals surface area contributed by atoms with E-state index in [4.69, 9.17) is 4.98 Å². The van der Waals surface area contributed by atoms with Gasteiger partial charge in [0.1, 0.15) is 17.4 Å². The summed E-state index contributed by atoms with van der Waals surface area (Å²) in [5.41, 5.74) is 8.36. The molecule has 0 aliphatic rings. The van der Waals surface area contributed by atoms with Crippen molar-refractivity contribution in [3.63, 3.8) is 0 Å². The number of benzene rings is 1. The van der Waals surface area contributed by atoms with Gasteiger partial charge >= 0.3 is 0 Å². The monoisotopic (exact) mass is 321 g/mol. The van der Waals surface area contributed by atoms with Crippen LogP contribution in [0.2, 0.25) is 0 Å². The molecule has 0 unspecified atom stereocenters. The molecule has 0 amide bonds. The highest BCUT2D eigenvalue weighted by Gasteiger charge is 2.18. The van der Waals surface area contributed by atoms with Gasteiger partial charge in [0.05, 0.1) is 5.03 Å². The molecular formula is C19H19N3S. The van der Waals surface area contributed by atoms with E-state index in [0.717, 1.165) is 21.9 Å². The Morgan fingerprint density at radius 3 is 2.26 bits per heavy atom. The van der Waals surface area contributed by atoms with Gasteiger partial charge in [0, 0.05) is 11.3 Å². The molecule has 0 aliphatic heterocycles. The van der Waals surface area contributed by atoms with Gasteiger partial charge in [-0.1, -0.05) is 17.7 Å². The van der Waals surface area contributed by atoms with Gasteiger partial charge in [-0.15, -0.1) is 11.8 Å². The maximum atomic E-state index is 9.56. The predicted molar refractivity (Wildman–Crippen MR) is 96.1 cm³/mol. The third-order valence-electron chi connectivity index (χ3n) is 4.08. The number of thioether (sulfide) groups is 1. The van der Waals surface area contributed by atoms with E-state index in [-0.39, 0.29) is 0 Å². The van der Waals surface area contributed by atoms with E-state index in [9.17, 15) is 5.26 Å². The first-order chi connectivity index (χ1) is 11.0. The fourth-order valence-electron chi connectivity index (χ4n) is 3.30. The molecule has 0 saturated carbocycles. The Morgan fingerprint density at radius 2 is 1.70 bits per heavy atom. The molecule has 116 valence electrons. The molecule has 1 aromatic carbocycles. The Bertz CT molecular complexity index is 938. The summed E-state index contributed by atoms with van der Waals surface area (Å²) in [4.78, 5) is 4.73. The van der Waals surface area contributed by atoms with Crippen LogP contribution in [0, 0.1) is 39.0 Å². The summed E-state index contributed by atoms with van der Waals surface area (Å²) in [5, 5.41) is 10.6. The van der Waals surface area contributed by atoms with E-state index >= 15 is 0 Å². The van der Waals surface area contributed by atoms with E-state index in [1.807, 2.05) is 29.7 Å². The van der Waals surface area contributed by atoms with Crippen molar-refractivity contribution in [3.05, 3.63) is 52.3 Å². The third kappa shape index (κ3) is 2.51.